The van der Waals surface area contributed by atoms with Gasteiger partial charge in [-0.3, -0.25) is 4.79 Å². The van der Waals surface area contributed by atoms with E-state index in [0.717, 1.165) is 24.3 Å². The van der Waals surface area contributed by atoms with Crippen molar-refractivity contribution in [2.75, 3.05) is 13.2 Å². The molecule has 2 saturated carbocycles. The fourth-order valence-electron chi connectivity index (χ4n) is 3.15. The van der Waals surface area contributed by atoms with Crippen LogP contribution in [-0.4, -0.2) is 30.8 Å². The van der Waals surface area contributed by atoms with Crippen molar-refractivity contribution in [1.29, 1.82) is 0 Å². The average molecular weight is 418 g/mol. The quantitative estimate of drug-likeness (QED) is 0.496. The maximum Gasteiger partial charge on any atom is 0.407 e. The van der Waals surface area contributed by atoms with Crippen LogP contribution in [0.3, 0.4) is 0 Å². The second kappa shape index (κ2) is 8.48. The van der Waals surface area contributed by atoms with Crippen molar-refractivity contribution in [2.45, 2.75) is 72.3 Å². The Morgan fingerprint density at radius 1 is 1.10 bits per heavy atom. The predicted octanol–water partition coefficient (Wildman–Crippen LogP) is 5.06. The largest absolute Gasteiger partial charge is 0.493 e. The topological polar surface area (TPSA) is 73.9 Å². The number of nitrogens with one attached hydrogen (secondary N) is 1. The number of carbonyl (C=O) groups excluding carboxylic acids is 2. The summed E-state index contributed by atoms with van der Waals surface area (Å²) in [5.74, 6) is 2.35. The number of amides is 1. The highest BCUT2D eigenvalue weighted by Crippen LogP contribution is 2.51. The highest BCUT2D eigenvalue weighted by atomic mass is 16.6. The van der Waals surface area contributed by atoms with Gasteiger partial charge in [-0.25, -0.2) is 4.79 Å². The van der Waals surface area contributed by atoms with E-state index in [-0.39, 0.29) is 11.9 Å². The summed E-state index contributed by atoms with van der Waals surface area (Å²) in [5.41, 5.74) is -0.0334. The van der Waals surface area contributed by atoms with E-state index in [9.17, 15) is 9.59 Å². The number of carbonyl (C=O) groups is 2. The molecule has 166 valence electrons. The SMILES string of the molecule is CC(C)(C)OC(=O)NCC1CC1c1cc(OC(=O)C(C)(C)C)ccc1OCC1CC1. The third-order valence-corrected chi connectivity index (χ3v) is 5.21. The molecule has 0 aliphatic heterocycles. The second-order valence-corrected chi connectivity index (χ2v) is 10.6. The van der Waals surface area contributed by atoms with Crippen LogP contribution in [0.25, 0.3) is 0 Å². The summed E-state index contributed by atoms with van der Waals surface area (Å²) < 4.78 is 17.0. The molecule has 3 rings (SSSR count). The standard InChI is InChI=1S/C24H35NO5/c1-23(2,3)21(26)29-17-9-10-20(28-14-15-7-8-15)19(12-17)18-11-16(18)13-25-22(27)30-24(4,5)6/h9-10,12,15-16,18H,7-8,11,13-14H2,1-6H3,(H,25,27). The minimum absolute atomic E-state index is 0.265. The summed E-state index contributed by atoms with van der Waals surface area (Å²) in [6, 6.07) is 5.62. The first kappa shape index (κ1) is 22.4. The summed E-state index contributed by atoms with van der Waals surface area (Å²) in [6.07, 6.45) is 3.00. The van der Waals surface area contributed by atoms with Crippen LogP contribution in [0, 0.1) is 17.3 Å². The second-order valence-electron chi connectivity index (χ2n) is 10.6. The van der Waals surface area contributed by atoms with Gasteiger partial charge in [-0.15, -0.1) is 0 Å². The fraction of sp³-hybridized carbons (Fsp3) is 0.667. The van der Waals surface area contributed by atoms with Crippen LogP contribution in [0.15, 0.2) is 18.2 Å². The van der Waals surface area contributed by atoms with Gasteiger partial charge in [0.1, 0.15) is 17.1 Å². The van der Waals surface area contributed by atoms with Gasteiger partial charge in [0, 0.05) is 12.1 Å². The third kappa shape index (κ3) is 6.64. The molecule has 2 unspecified atom stereocenters. The molecule has 2 atom stereocenters. The van der Waals surface area contributed by atoms with Crippen LogP contribution in [0.4, 0.5) is 4.79 Å². The number of hydrogen-bond donors (Lipinski definition) is 1. The average Bonchev–Trinajstić information content (AvgIpc) is 3.51. The summed E-state index contributed by atoms with van der Waals surface area (Å²) in [5, 5.41) is 2.86. The van der Waals surface area contributed by atoms with Gasteiger partial charge in [-0.2, -0.15) is 0 Å². The first-order valence-electron chi connectivity index (χ1n) is 10.9. The molecule has 1 amide bonds. The summed E-state index contributed by atoms with van der Waals surface area (Å²) in [7, 11) is 0. The van der Waals surface area contributed by atoms with Gasteiger partial charge in [-0.05, 0) is 96.8 Å². The Bertz CT molecular complexity index is 786. The van der Waals surface area contributed by atoms with Gasteiger partial charge < -0.3 is 19.5 Å². The van der Waals surface area contributed by atoms with Crippen LogP contribution in [0.1, 0.15) is 72.3 Å². The van der Waals surface area contributed by atoms with E-state index in [1.54, 1.807) is 6.07 Å². The van der Waals surface area contributed by atoms with E-state index in [0.29, 0.717) is 24.1 Å². The predicted molar refractivity (Wildman–Crippen MR) is 115 cm³/mol. The maximum absolute atomic E-state index is 12.3. The molecule has 1 aromatic rings. The first-order chi connectivity index (χ1) is 13.9. The van der Waals surface area contributed by atoms with Gasteiger partial charge in [0.25, 0.3) is 0 Å². The molecule has 0 bridgehead atoms. The molecule has 0 heterocycles. The van der Waals surface area contributed by atoms with E-state index in [2.05, 4.69) is 5.32 Å². The lowest BCUT2D eigenvalue weighted by atomic mass is 9.97. The molecule has 2 aliphatic rings. The maximum atomic E-state index is 12.3. The Morgan fingerprint density at radius 3 is 2.40 bits per heavy atom. The van der Waals surface area contributed by atoms with Crippen LogP contribution in [0.2, 0.25) is 0 Å². The highest BCUT2D eigenvalue weighted by molar-refractivity contribution is 5.78. The number of ether oxygens (including phenoxy) is 3. The zero-order valence-electron chi connectivity index (χ0n) is 19.0. The Labute approximate surface area is 179 Å². The van der Waals surface area contributed by atoms with Gasteiger partial charge in [-0.1, -0.05) is 0 Å². The third-order valence-electron chi connectivity index (χ3n) is 5.21. The van der Waals surface area contributed by atoms with Gasteiger partial charge in [0.05, 0.1) is 12.0 Å². The van der Waals surface area contributed by atoms with Crippen LogP contribution in [0.5, 0.6) is 11.5 Å². The molecule has 2 fully saturated rings. The lowest BCUT2D eigenvalue weighted by Gasteiger charge is -2.20. The number of hydrogen-bond acceptors (Lipinski definition) is 5. The van der Waals surface area contributed by atoms with Gasteiger partial charge >= 0.3 is 12.1 Å². The molecule has 1 N–H and O–H groups in total. The van der Waals surface area contributed by atoms with Gasteiger partial charge in [0.15, 0.2) is 0 Å². The monoisotopic (exact) mass is 417 g/mol. The molecule has 0 radical (unpaired) electrons. The number of alkyl carbamates (subject to hydrolysis) is 1. The van der Waals surface area contributed by atoms with Crippen molar-refractivity contribution in [3.8, 4) is 11.5 Å². The van der Waals surface area contributed by atoms with Crippen molar-refractivity contribution >= 4 is 12.1 Å². The number of esters is 1. The number of rotatable bonds is 7. The molecule has 2 aliphatic carbocycles. The Balaban J connectivity index is 1.65. The van der Waals surface area contributed by atoms with E-state index >= 15 is 0 Å². The summed E-state index contributed by atoms with van der Waals surface area (Å²) in [4.78, 5) is 24.2. The van der Waals surface area contributed by atoms with Crippen molar-refractivity contribution in [3.05, 3.63) is 23.8 Å². The van der Waals surface area contributed by atoms with E-state index in [4.69, 9.17) is 14.2 Å². The van der Waals surface area contributed by atoms with Crippen molar-refractivity contribution < 1.29 is 23.8 Å². The zero-order chi connectivity index (χ0) is 22.1. The lowest BCUT2D eigenvalue weighted by Crippen LogP contribution is -2.33. The Kier molecular flexibility index (Phi) is 6.34. The molecular formula is C24H35NO5. The number of benzene rings is 1. The van der Waals surface area contributed by atoms with Crippen LogP contribution in [-0.2, 0) is 9.53 Å². The zero-order valence-corrected chi connectivity index (χ0v) is 19.0. The molecule has 0 aromatic heterocycles. The highest BCUT2D eigenvalue weighted by Gasteiger charge is 2.41. The van der Waals surface area contributed by atoms with Gasteiger partial charge in [0.2, 0.25) is 0 Å². The van der Waals surface area contributed by atoms with Crippen molar-refractivity contribution in [2.24, 2.45) is 17.3 Å². The molecule has 30 heavy (non-hydrogen) atoms. The Morgan fingerprint density at radius 2 is 1.80 bits per heavy atom. The molecular weight excluding hydrogens is 382 g/mol. The van der Waals surface area contributed by atoms with E-state index < -0.39 is 17.1 Å². The van der Waals surface area contributed by atoms with E-state index in [1.807, 2.05) is 53.7 Å². The van der Waals surface area contributed by atoms with Crippen molar-refractivity contribution in [1.82, 2.24) is 5.32 Å². The Hall–Kier alpha value is -2.24. The smallest absolute Gasteiger partial charge is 0.407 e. The lowest BCUT2D eigenvalue weighted by molar-refractivity contribution is -0.143. The molecule has 6 heteroatoms. The summed E-state index contributed by atoms with van der Waals surface area (Å²) >= 11 is 0. The first-order valence-corrected chi connectivity index (χ1v) is 10.9. The summed E-state index contributed by atoms with van der Waals surface area (Å²) in [6.45, 7) is 12.3. The minimum Gasteiger partial charge on any atom is -0.493 e. The van der Waals surface area contributed by atoms with E-state index in [1.165, 1.54) is 12.8 Å². The normalized spacial score (nSPS) is 21.0. The molecule has 6 nitrogen and oxygen atoms in total. The molecule has 0 spiro atoms. The van der Waals surface area contributed by atoms with Crippen LogP contribution < -0.4 is 14.8 Å². The van der Waals surface area contributed by atoms with Crippen molar-refractivity contribution in [3.63, 3.8) is 0 Å². The molecule has 1 aromatic carbocycles. The molecule has 0 saturated heterocycles. The van der Waals surface area contributed by atoms with Crippen LogP contribution >= 0.6 is 0 Å². The fourth-order valence-corrected chi connectivity index (χ4v) is 3.15. The minimum atomic E-state index is -0.569.